The number of hydrogen-bond donors (Lipinski definition) is 1. The molecule has 0 bridgehead atoms. The maximum atomic E-state index is 12.9. The fourth-order valence-corrected chi connectivity index (χ4v) is 3.61. The number of piperidine rings is 1. The number of hydrogen-bond acceptors (Lipinski definition) is 5. The molecule has 0 spiro atoms. The minimum Gasteiger partial charge on any atom is -0.497 e. The van der Waals surface area contributed by atoms with Gasteiger partial charge in [-0.05, 0) is 55.7 Å². The highest BCUT2D eigenvalue weighted by Crippen LogP contribution is 2.32. The van der Waals surface area contributed by atoms with Crippen LogP contribution in [0.15, 0.2) is 53.1 Å². The smallest absolute Gasteiger partial charge is 0.322 e. The van der Waals surface area contributed by atoms with Gasteiger partial charge in [0.15, 0.2) is 0 Å². The first kappa shape index (κ1) is 19.3. The van der Waals surface area contributed by atoms with Crippen LogP contribution in [0.5, 0.6) is 5.75 Å². The predicted octanol–water partition coefficient (Wildman–Crippen LogP) is 5.16. The van der Waals surface area contributed by atoms with Crippen molar-refractivity contribution in [2.24, 2.45) is 0 Å². The molecule has 4 rings (SSSR count). The van der Waals surface area contributed by atoms with Crippen molar-refractivity contribution >= 4 is 23.3 Å². The number of benzene rings is 2. The number of carbonyl (C=O) groups is 1. The standard InChI is InChI=1S/C21H21ClN4O3/c1-28-17-10-8-16(9-11-17)23-21(27)26-12-3-2-7-18(26)20-24-19(25-29-20)14-5-4-6-15(22)13-14/h4-6,8-11,13,18H,2-3,7,12H2,1H3,(H,23,27)/t18-/m1/s1. The summed E-state index contributed by atoms with van der Waals surface area (Å²) in [5, 5.41) is 7.62. The van der Waals surface area contributed by atoms with Crippen LogP contribution in [0.1, 0.15) is 31.2 Å². The van der Waals surface area contributed by atoms with Gasteiger partial charge < -0.3 is 19.5 Å². The Labute approximate surface area is 173 Å². The molecule has 1 aliphatic heterocycles. The average Bonchev–Trinajstić information content (AvgIpc) is 3.24. The normalized spacial score (nSPS) is 16.5. The highest BCUT2D eigenvalue weighted by Gasteiger charge is 2.32. The van der Waals surface area contributed by atoms with Crippen molar-refractivity contribution in [2.45, 2.75) is 25.3 Å². The molecule has 3 aromatic rings. The predicted molar refractivity (Wildman–Crippen MR) is 110 cm³/mol. The average molecular weight is 413 g/mol. The maximum Gasteiger partial charge on any atom is 0.322 e. The fraction of sp³-hybridized carbons (Fsp3) is 0.286. The maximum absolute atomic E-state index is 12.9. The van der Waals surface area contributed by atoms with E-state index in [1.54, 1.807) is 48.4 Å². The number of amides is 2. The van der Waals surface area contributed by atoms with Gasteiger partial charge in [-0.1, -0.05) is 28.9 Å². The molecule has 0 aliphatic carbocycles. The van der Waals surface area contributed by atoms with E-state index in [1.165, 1.54) is 0 Å². The second-order valence-corrected chi connectivity index (χ2v) is 7.27. The highest BCUT2D eigenvalue weighted by molar-refractivity contribution is 6.30. The van der Waals surface area contributed by atoms with Crippen LogP contribution in [0.4, 0.5) is 10.5 Å². The first-order valence-electron chi connectivity index (χ1n) is 9.45. The Morgan fingerprint density at radius 3 is 2.83 bits per heavy atom. The molecule has 1 fully saturated rings. The summed E-state index contributed by atoms with van der Waals surface area (Å²) < 4.78 is 10.7. The zero-order chi connectivity index (χ0) is 20.2. The third-order valence-corrected chi connectivity index (χ3v) is 5.15. The third-order valence-electron chi connectivity index (χ3n) is 4.91. The van der Waals surface area contributed by atoms with Crippen LogP contribution in [-0.2, 0) is 0 Å². The number of rotatable bonds is 4. The van der Waals surface area contributed by atoms with Crippen molar-refractivity contribution in [3.8, 4) is 17.1 Å². The zero-order valence-electron chi connectivity index (χ0n) is 16.0. The number of carbonyl (C=O) groups excluding carboxylic acids is 1. The Bertz CT molecular complexity index is 990. The molecule has 2 amide bonds. The molecule has 29 heavy (non-hydrogen) atoms. The van der Waals surface area contributed by atoms with Gasteiger partial charge in [0.25, 0.3) is 0 Å². The number of anilines is 1. The summed E-state index contributed by atoms with van der Waals surface area (Å²) in [4.78, 5) is 19.2. The largest absolute Gasteiger partial charge is 0.497 e. The summed E-state index contributed by atoms with van der Waals surface area (Å²) >= 11 is 6.06. The highest BCUT2D eigenvalue weighted by atomic mass is 35.5. The van der Waals surface area contributed by atoms with Crippen molar-refractivity contribution in [3.63, 3.8) is 0 Å². The van der Waals surface area contributed by atoms with E-state index in [2.05, 4.69) is 15.5 Å². The number of ether oxygens (including phenoxy) is 1. The van der Waals surface area contributed by atoms with Gasteiger partial charge in [-0.15, -0.1) is 0 Å². The molecule has 0 radical (unpaired) electrons. The zero-order valence-corrected chi connectivity index (χ0v) is 16.7. The van der Waals surface area contributed by atoms with E-state index in [9.17, 15) is 4.79 Å². The molecule has 1 aromatic heterocycles. The van der Waals surface area contributed by atoms with Gasteiger partial charge in [0.05, 0.1) is 7.11 Å². The van der Waals surface area contributed by atoms with Gasteiger partial charge in [-0.2, -0.15) is 4.98 Å². The van der Waals surface area contributed by atoms with Crippen molar-refractivity contribution in [1.29, 1.82) is 0 Å². The first-order valence-corrected chi connectivity index (χ1v) is 9.83. The second-order valence-electron chi connectivity index (χ2n) is 6.83. The Hall–Kier alpha value is -3.06. The summed E-state index contributed by atoms with van der Waals surface area (Å²) in [5.74, 6) is 1.63. The lowest BCUT2D eigenvalue weighted by molar-refractivity contribution is 0.142. The van der Waals surface area contributed by atoms with Gasteiger partial charge in [0.2, 0.25) is 11.7 Å². The number of aromatic nitrogens is 2. The molecule has 0 saturated carbocycles. The lowest BCUT2D eigenvalue weighted by Gasteiger charge is -2.33. The van der Waals surface area contributed by atoms with Crippen molar-refractivity contribution in [1.82, 2.24) is 15.0 Å². The minimum absolute atomic E-state index is 0.192. The molecule has 1 aliphatic rings. The van der Waals surface area contributed by atoms with E-state index in [4.69, 9.17) is 20.9 Å². The third kappa shape index (κ3) is 4.35. The summed E-state index contributed by atoms with van der Waals surface area (Å²) in [5.41, 5.74) is 1.47. The lowest BCUT2D eigenvalue weighted by atomic mass is 10.0. The van der Waals surface area contributed by atoms with Gasteiger partial charge >= 0.3 is 6.03 Å². The van der Waals surface area contributed by atoms with Crippen LogP contribution < -0.4 is 10.1 Å². The Balaban J connectivity index is 1.52. The molecule has 8 heteroatoms. The number of methoxy groups -OCH3 is 1. The molecular formula is C21H21ClN4O3. The van der Waals surface area contributed by atoms with E-state index >= 15 is 0 Å². The molecule has 1 atom stereocenters. The fourth-order valence-electron chi connectivity index (χ4n) is 3.42. The Morgan fingerprint density at radius 2 is 2.07 bits per heavy atom. The number of likely N-dealkylation sites (tertiary alicyclic amines) is 1. The number of urea groups is 1. The lowest BCUT2D eigenvalue weighted by Crippen LogP contribution is -2.41. The topological polar surface area (TPSA) is 80.5 Å². The van der Waals surface area contributed by atoms with Crippen molar-refractivity contribution in [2.75, 3.05) is 19.0 Å². The summed E-state index contributed by atoms with van der Waals surface area (Å²) in [6.07, 6.45) is 2.70. The molecule has 0 unspecified atom stereocenters. The monoisotopic (exact) mass is 412 g/mol. The van der Waals surface area contributed by atoms with Crippen molar-refractivity contribution < 1.29 is 14.1 Å². The molecule has 2 aromatic carbocycles. The van der Waals surface area contributed by atoms with E-state index in [0.717, 1.165) is 30.6 Å². The van der Waals surface area contributed by atoms with Crippen LogP contribution in [0.3, 0.4) is 0 Å². The molecule has 7 nitrogen and oxygen atoms in total. The van der Waals surface area contributed by atoms with Gasteiger partial charge in [0, 0.05) is 22.8 Å². The summed E-state index contributed by atoms with van der Waals surface area (Å²) in [7, 11) is 1.61. The molecule has 150 valence electrons. The molecule has 1 saturated heterocycles. The van der Waals surface area contributed by atoms with Crippen LogP contribution >= 0.6 is 11.6 Å². The van der Waals surface area contributed by atoms with E-state index in [1.807, 2.05) is 12.1 Å². The summed E-state index contributed by atoms with van der Waals surface area (Å²) in [6, 6.07) is 14.0. The van der Waals surface area contributed by atoms with Gasteiger partial charge in [0.1, 0.15) is 11.8 Å². The van der Waals surface area contributed by atoms with E-state index in [0.29, 0.717) is 29.0 Å². The van der Waals surface area contributed by atoms with Crippen LogP contribution in [0.25, 0.3) is 11.4 Å². The van der Waals surface area contributed by atoms with Crippen LogP contribution in [0.2, 0.25) is 5.02 Å². The Kier molecular flexibility index (Phi) is 5.67. The summed E-state index contributed by atoms with van der Waals surface area (Å²) in [6.45, 7) is 0.627. The molecule has 1 N–H and O–H groups in total. The first-order chi connectivity index (χ1) is 14.1. The second kappa shape index (κ2) is 8.53. The number of nitrogens with one attached hydrogen (secondary N) is 1. The van der Waals surface area contributed by atoms with Gasteiger partial charge in [-0.3, -0.25) is 0 Å². The molecule has 2 heterocycles. The SMILES string of the molecule is COc1ccc(NC(=O)N2CCCC[C@@H]2c2nc(-c3cccc(Cl)c3)no2)cc1. The quantitative estimate of drug-likeness (QED) is 0.640. The Morgan fingerprint density at radius 1 is 1.24 bits per heavy atom. The number of nitrogens with zero attached hydrogens (tertiary/aromatic N) is 3. The number of halogens is 1. The van der Waals surface area contributed by atoms with E-state index in [-0.39, 0.29) is 12.1 Å². The minimum atomic E-state index is -0.262. The molecular weight excluding hydrogens is 392 g/mol. The van der Waals surface area contributed by atoms with Gasteiger partial charge in [-0.25, -0.2) is 4.79 Å². The van der Waals surface area contributed by atoms with E-state index < -0.39 is 0 Å². The van der Waals surface area contributed by atoms with Crippen LogP contribution in [0, 0.1) is 0 Å². The van der Waals surface area contributed by atoms with Crippen molar-refractivity contribution in [3.05, 3.63) is 59.4 Å². The van der Waals surface area contributed by atoms with Crippen LogP contribution in [-0.4, -0.2) is 34.7 Å².